The molecule has 2 aliphatic heterocycles. The molecule has 0 saturated carbocycles. The molecule has 8 aromatic rings. The van der Waals surface area contributed by atoms with Crippen LogP contribution >= 0.6 is 11.3 Å². The Morgan fingerprint density at radius 3 is 1.72 bits per heavy atom. The molecule has 0 fully saturated rings. The van der Waals surface area contributed by atoms with Crippen molar-refractivity contribution in [3.05, 3.63) is 162 Å². The van der Waals surface area contributed by atoms with Gasteiger partial charge >= 0.3 is 0 Å². The highest BCUT2D eigenvalue weighted by atomic mass is 32.1. The smallest absolute Gasteiger partial charge is 0.252 e. The SMILES string of the molecule is CC(C)(C)c1ccc(N2c3cc(C(C)(C)C)ccc3B3c4cc(C(C)(C)C)ccc4N(c4cccc(-c5ccc6c(c5)sc5ccccc56)c4)c4cccc2c43)cc1. The molecule has 4 heteroatoms. The zero-order chi connectivity index (χ0) is 40.3. The lowest BCUT2D eigenvalue weighted by Gasteiger charge is -2.45. The number of thiophene rings is 1. The Morgan fingerprint density at radius 2 is 1.00 bits per heavy atom. The summed E-state index contributed by atoms with van der Waals surface area (Å²) in [7, 11) is 0. The Kier molecular flexibility index (Phi) is 8.21. The van der Waals surface area contributed by atoms with E-state index >= 15 is 0 Å². The molecule has 2 nitrogen and oxygen atoms in total. The third-order valence-electron chi connectivity index (χ3n) is 12.5. The first-order valence-corrected chi connectivity index (χ1v) is 21.6. The maximum absolute atomic E-state index is 2.54. The zero-order valence-corrected chi connectivity index (χ0v) is 36.1. The van der Waals surface area contributed by atoms with Crippen molar-refractivity contribution < 1.29 is 0 Å². The second-order valence-electron chi connectivity index (χ2n) is 19.5. The highest BCUT2D eigenvalue weighted by Gasteiger charge is 2.44. The molecule has 0 spiro atoms. The number of hydrogen-bond acceptors (Lipinski definition) is 3. The van der Waals surface area contributed by atoms with Crippen molar-refractivity contribution in [1.82, 2.24) is 0 Å². The molecule has 1 aromatic heterocycles. The van der Waals surface area contributed by atoms with Gasteiger partial charge in [-0.25, -0.2) is 0 Å². The van der Waals surface area contributed by atoms with E-state index in [2.05, 4.69) is 218 Å². The normalized spacial score (nSPS) is 13.8. The number of fused-ring (bicyclic) bond motifs is 7. The molecular weight excluding hydrogens is 719 g/mol. The van der Waals surface area contributed by atoms with Crippen LogP contribution in [0.25, 0.3) is 31.3 Å². The lowest BCUT2D eigenvalue weighted by molar-refractivity contribution is 0.590. The molecule has 0 bridgehead atoms. The molecule has 0 amide bonds. The molecule has 0 unspecified atom stereocenters. The van der Waals surface area contributed by atoms with Crippen LogP contribution in [-0.2, 0) is 16.2 Å². The molecule has 0 N–H and O–H groups in total. The summed E-state index contributed by atoms with van der Waals surface area (Å²) in [6.45, 7) is 20.9. The largest absolute Gasteiger partial charge is 0.311 e. The van der Waals surface area contributed by atoms with Gasteiger partial charge in [-0.1, -0.05) is 147 Å². The standard InChI is InChI=1S/C54H51BN2S/c1-52(2,3)36-21-25-39(26-22-36)56-46-17-13-18-47-51(46)55(43-28-23-38(33-48(43)56)54(7,8)9)44-32-37(53(4,5)6)24-29-45(44)57(47)40-15-12-14-34(30-40)35-20-27-42-41-16-10-11-19-49(41)58-50(42)31-35/h10-33H,1-9H3. The summed E-state index contributed by atoms with van der Waals surface area (Å²) in [5.41, 5.74) is 18.0. The summed E-state index contributed by atoms with van der Waals surface area (Å²) in [4.78, 5) is 5.08. The van der Waals surface area contributed by atoms with Gasteiger partial charge in [-0.05, 0) is 121 Å². The Hall–Kier alpha value is -5.58. The van der Waals surface area contributed by atoms with E-state index in [0.717, 1.165) is 0 Å². The predicted octanol–water partition coefficient (Wildman–Crippen LogP) is 13.7. The van der Waals surface area contributed by atoms with Gasteiger partial charge in [0.2, 0.25) is 0 Å². The average Bonchev–Trinajstić information content (AvgIpc) is 3.57. The van der Waals surface area contributed by atoms with E-state index in [9.17, 15) is 0 Å². The maximum Gasteiger partial charge on any atom is 0.252 e. The topological polar surface area (TPSA) is 6.48 Å². The molecule has 0 radical (unpaired) electrons. The summed E-state index contributed by atoms with van der Waals surface area (Å²) in [6.07, 6.45) is 0. The van der Waals surface area contributed by atoms with Crippen LogP contribution in [0.3, 0.4) is 0 Å². The number of hydrogen-bond donors (Lipinski definition) is 0. The van der Waals surface area contributed by atoms with E-state index in [-0.39, 0.29) is 23.0 Å². The lowest BCUT2D eigenvalue weighted by atomic mass is 9.33. The van der Waals surface area contributed by atoms with Gasteiger partial charge in [0.05, 0.1) is 0 Å². The molecule has 286 valence electrons. The van der Waals surface area contributed by atoms with Gasteiger partial charge in [0.15, 0.2) is 0 Å². The third kappa shape index (κ3) is 5.91. The maximum atomic E-state index is 2.54. The fraction of sp³-hybridized carbons (Fsp3) is 0.222. The van der Waals surface area contributed by atoms with Crippen molar-refractivity contribution in [2.75, 3.05) is 9.80 Å². The first-order chi connectivity index (χ1) is 27.6. The van der Waals surface area contributed by atoms with Crippen LogP contribution in [0, 0.1) is 0 Å². The van der Waals surface area contributed by atoms with E-state index in [1.165, 1.54) is 98.5 Å². The second-order valence-corrected chi connectivity index (χ2v) is 20.6. The second kappa shape index (κ2) is 13.0. The Labute approximate surface area is 348 Å². The fourth-order valence-electron chi connectivity index (χ4n) is 9.27. The summed E-state index contributed by atoms with van der Waals surface area (Å²) >= 11 is 1.88. The minimum atomic E-state index is -0.000758. The highest BCUT2D eigenvalue weighted by molar-refractivity contribution is 7.25. The van der Waals surface area contributed by atoms with Gasteiger partial charge in [-0.3, -0.25) is 0 Å². The Bertz CT molecular complexity index is 2920. The van der Waals surface area contributed by atoms with Crippen molar-refractivity contribution in [3.8, 4) is 11.1 Å². The molecular formula is C54H51BN2S. The Morgan fingerprint density at radius 1 is 0.397 bits per heavy atom. The predicted molar refractivity (Wildman–Crippen MR) is 255 cm³/mol. The number of nitrogens with zero attached hydrogens (tertiary/aromatic N) is 2. The van der Waals surface area contributed by atoms with Crippen LogP contribution in [0.1, 0.15) is 79.0 Å². The van der Waals surface area contributed by atoms with E-state index in [1.807, 2.05) is 11.3 Å². The third-order valence-corrected chi connectivity index (χ3v) is 13.7. The minimum absolute atomic E-state index is 0.000758. The van der Waals surface area contributed by atoms with Crippen LogP contribution in [0.15, 0.2) is 146 Å². The molecule has 10 rings (SSSR count). The summed E-state index contributed by atoms with van der Waals surface area (Å²) in [6, 6.07) is 55.7. The fourth-order valence-corrected chi connectivity index (χ4v) is 10.4. The van der Waals surface area contributed by atoms with Gasteiger partial charge in [0, 0.05) is 54.3 Å². The van der Waals surface area contributed by atoms with Crippen LogP contribution in [-0.4, -0.2) is 6.71 Å². The van der Waals surface area contributed by atoms with E-state index in [1.54, 1.807) is 0 Å². The van der Waals surface area contributed by atoms with Gasteiger partial charge < -0.3 is 9.80 Å². The molecule has 0 saturated heterocycles. The van der Waals surface area contributed by atoms with Gasteiger partial charge in [-0.15, -0.1) is 11.3 Å². The van der Waals surface area contributed by atoms with Crippen LogP contribution in [0.2, 0.25) is 0 Å². The van der Waals surface area contributed by atoms with E-state index in [0.29, 0.717) is 0 Å². The van der Waals surface area contributed by atoms with Crippen LogP contribution in [0.4, 0.5) is 34.1 Å². The van der Waals surface area contributed by atoms with E-state index < -0.39 is 0 Å². The monoisotopic (exact) mass is 770 g/mol. The van der Waals surface area contributed by atoms with Crippen molar-refractivity contribution in [3.63, 3.8) is 0 Å². The van der Waals surface area contributed by atoms with Crippen LogP contribution in [0.5, 0.6) is 0 Å². The van der Waals surface area contributed by atoms with Crippen LogP contribution < -0.4 is 26.2 Å². The summed E-state index contributed by atoms with van der Waals surface area (Å²) in [5.74, 6) is 0. The number of benzene rings is 7. The van der Waals surface area contributed by atoms with E-state index in [4.69, 9.17) is 0 Å². The highest BCUT2D eigenvalue weighted by Crippen LogP contribution is 2.46. The molecule has 7 aromatic carbocycles. The molecule has 2 aliphatic rings. The zero-order valence-electron chi connectivity index (χ0n) is 35.2. The summed E-state index contributed by atoms with van der Waals surface area (Å²) in [5, 5.41) is 2.66. The summed E-state index contributed by atoms with van der Waals surface area (Å²) < 4.78 is 2.66. The van der Waals surface area contributed by atoms with Crippen molar-refractivity contribution >= 4 is 88.7 Å². The molecule has 0 atom stereocenters. The van der Waals surface area contributed by atoms with Crippen molar-refractivity contribution in [1.29, 1.82) is 0 Å². The lowest BCUT2D eigenvalue weighted by Crippen LogP contribution is -2.61. The Balaban J connectivity index is 1.20. The van der Waals surface area contributed by atoms with Gasteiger partial charge in [-0.2, -0.15) is 0 Å². The van der Waals surface area contributed by atoms with Gasteiger partial charge in [0.25, 0.3) is 6.71 Å². The molecule has 3 heterocycles. The number of rotatable bonds is 3. The van der Waals surface area contributed by atoms with Crippen molar-refractivity contribution in [2.24, 2.45) is 0 Å². The van der Waals surface area contributed by atoms with Gasteiger partial charge in [0.1, 0.15) is 0 Å². The molecule has 58 heavy (non-hydrogen) atoms. The molecule has 0 aliphatic carbocycles. The first kappa shape index (κ1) is 36.7. The number of anilines is 6. The average molecular weight is 771 g/mol. The van der Waals surface area contributed by atoms with Crippen molar-refractivity contribution in [2.45, 2.75) is 78.6 Å². The first-order valence-electron chi connectivity index (χ1n) is 20.8. The minimum Gasteiger partial charge on any atom is -0.311 e. The quantitative estimate of drug-likeness (QED) is 0.165.